The first-order chi connectivity index (χ1) is 20.5. The number of fused-ring (bicyclic) bond motifs is 1. The van der Waals surface area contributed by atoms with Crippen LogP contribution < -0.4 is 22.0 Å². The highest BCUT2D eigenvalue weighted by atomic mass is 32.1. The largest absolute Gasteiger partial charge is 0.343 e. The Kier molecular flexibility index (Phi) is 8.55. The van der Waals surface area contributed by atoms with Gasteiger partial charge in [-0.1, -0.05) is 18.2 Å². The summed E-state index contributed by atoms with van der Waals surface area (Å²) in [6.07, 6.45) is 0. The monoisotopic (exact) mass is 626 g/mol. The third-order valence-electron chi connectivity index (χ3n) is 6.73. The summed E-state index contributed by atoms with van der Waals surface area (Å²) in [5, 5.41) is 3.08. The molecule has 5 aromatic rings. The highest BCUT2D eigenvalue weighted by Crippen LogP contribution is 2.38. The van der Waals surface area contributed by atoms with E-state index in [0.29, 0.717) is 28.4 Å². The van der Waals surface area contributed by atoms with Crippen molar-refractivity contribution in [3.8, 4) is 15.6 Å². The van der Waals surface area contributed by atoms with Crippen LogP contribution in [0.15, 0.2) is 52.1 Å². The minimum atomic E-state index is -0.801. The Morgan fingerprint density at radius 2 is 1.70 bits per heavy atom. The third-order valence-corrected chi connectivity index (χ3v) is 9.10. The highest BCUT2D eigenvalue weighted by Gasteiger charge is 2.26. The Labute approximate surface area is 252 Å². The normalized spacial score (nSPS) is 11.4. The summed E-state index contributed by atoms with van der Waals surface area (Å²) < 4.78 is 31.9. The molecule has 2 amide bonds. The standard InChI is InChI=1S/C29H28F2N6O4S2/c1-15-16(2)42-28(32-15)37-25(38)23-20(13-35(3)4)24(17-9-11-18(12-10-17)33-27(39)34-41-5)43-26(23)36(29(37)40)14-19-21(30)7-6-8-22(19)31/h6-12H,13-14H2,1-5H3,(H2,33,34,39). The van der Waals surface area contributed by atoms with E-state index in [0.717, 1.165) is 27.1 Å². The number of amides is 2. The van der Waals surface area contributed by atoms with Crippen molar-refractivity contribution in [2.45, 2.75) is 26.9 Å². The number of anilines is 1. The second-order valence-corrected chi connectivity index (χ2v) is 12.2. The van der Waals surface area contributed by atoms with Crippen molar-refractivity contribution in [3.63, 3.8) is 0 Å². The number of aryl methyl sites for hydroxylation is 2. The van der Waals surface area contributed by atoms with Crippen molar-refractivity contribution in [2.24, 2.45) is 0 Å². The van der Waals surface area contributed by atoms with Crippen LogP contribution in [0.3, 0.4) is 0 Å². The maximum atomic E-state index is 14.8. The van der Waals surface area contributed by atoms with E-state index in [4.69, 9.17) is 0 Å². The second-order valence-electron chi connectivity index (χ2n) is 10.0. The molecule has 224 valence electrons. The van der Waals surface area contributed by atoms with E-state index in [1.165, 1.54) is 40.4 Å². The van der Waals surface area contributed by atoms with Gasteiger partial charge >= 0.3 is 11.7 Å². The fourth-order valence-electron chi connectivity index (χ4n) is 4.62. The number of nitrogens with one attached hydrogen (secondary N) is 2. The molecule has 3 aromatic heterocycles. The van der Waals surface area contributed by atoms with Gasteiger partial charge < -0.3 is 10.2 Å². The fourth-order valence-corrected chi connectivity index (χ4v) is 6.83. The molecule has 0 aliphatic heterocycles. The smallest absolute Gasteiger partial charge is 0.306 e. The van der Waals surface area contributed by atoms with Crippen molar-refractivity contribution >= 4 is 44.6 Å². The Bertz CT molecular complexity index is 1920. The number of hydroxylamine groups is 1. The predicted molar refractivity (Wildman–Crippen MR) is 164 cm³/mol. The molecule has 0 saturated carbocycles. The van der Waals surface area contributed by atoms with Crippen molar-refractivity contribution in [1.29, 1.82) is 0 Å². The molecule has 43 heavy (non-hydrogen) atoms. The Balaban J connectivity index is 1.80. The van der Waals surface area contributed by atoms with Gasteiger partial charge in [-0.15, -0.1) is 22.7 Å². The van der Waals surface area contributed by atoms with Gasteiger partial charge in [-0.05, 0) is 63.3 Å². The van der Waals surface area contributed by atoms with Crippen molar-refractivity contribution in [1.82, 2.24) is 24.5 Å². The number of benzene rings is 2. The molecule has 14 heteroatoms. The molecule has 0 atom stereocenters. The van der Waals surface area contributed by atoms with Crippen LogP contribution in [0.5, 0.6) is 0 Å². The molecule has 0 saturated heterocycles. The van der Waals surface area contributed by atoms with Crippen molar-refractivity contribution in [2.75, 3.05) is 26.5 Å². The minimum Gasteiger partial charge on any atom is -0.306 e. The fraction of sp³-hybridized carbons (Fsp3) is 0.241. The van der Waals surface area contributed by atoms with Crippen LogP contribution in [-0.2, 0) is 17.9 Å². The van der Waals surface area contributed by atoms with E-state index in [9.17, 15) is 23.2 Å². The van der Waals surface area contributed by atoms with Crippen LogP contribution in [-0.4, -0.2) is 46.3 Å². The van der Waals surface area contributed by atoms with E-state index in [-0.39, 0.29) is 20.9 Å². The summed E-state index contributed by atoms with van der Waals surface area (Å²) in [5.41, 5.74) is 3.11. The number of carbonyl (C=O) groups excluding carboxylic acids is 1. The maximum Gasteiger partial charge on any atom is 0.343 e. The Hall–Kier alpha value is -4.24. The maximum absolute atomic E-state index is 14.8. The number of thiazole rings is 1. The number of urea groups is 1. The number of hydrogen-bond acceptors (Lipinski definition) is 8. The summed E-state index contributed by atoms with van der Waals surface area (Å²) in [6, 6.07) is 9.89. The highest BCUT2D eigenvalue weighted by molar-refractivity contribution is 7.22. The molecule has 0 aliphatic carbocycles. The lowest BCUT2D eigenvalue weighted by molar-refractivity contribution is 0.114. The predicted octanol–water partition coefficient (Wildman–Crippen LogP) is 5.03. The molecule has 10 nitrogen and oxygen atoms in total. The van der Waals surface area contributed by atoms with Gasteiger partial charge in [-0.3, -0.25) is 14.2 Å². The molecule has 0 aliphatic rings. The molecule has 2 N–H and O–H groups in total. The summed E-state index contributed by atoms with van der Waals surface area (Å²) in [5.74, 6) is -1.60. The molecule has 0 radical (unpaired) electrons. The number of thiophene rings is 1. The van der Waals surface area contributed by atoms with Gasteiger partial charge in [0.05, 0.1) is 24.7 Å². The number of nitrogens with zero attached hydrogens (tertiary/aromatic N) is 4. The van der Waals surface area contributed by atoms with Crippen LogP contribution in [0.2, 0.25) is 0 Å². The minimum absolute atomic E-state index is 0.183. The molecule has 5 rings (SSSR count). The third kappa shape index (κ3) is 5.86. The molecule has 0 bridgehead atoms. The first kappa shape index (κ1) is 30.2. The summed E-state index contributed by atoms with van der Waals surface area (Å²) in [4.78, 5) is 52.8. The molecule has 2 aromatic carbocycles. The van der Waals surface area contributed by atoms with E-state index in [2.05, 4.69) is 20.6 Å². The molecule has 3 heterocycles. The Morgan fingerprint density at radius 1 is 1.02 bits per heavy atom. The summed E-state index contributed by atoms with van der Waals surface area (Å²) in [6.45, 7) is 3.52. The average molecular weight is 627 g/mol. The molecule has 0 fully saturated rings. The lowest BCUT2D eigenvalue weighted by atomic mass is 10.1. The number of rotatable bonds is 8. The van der Waals surface area contributed by atoms with Crippen LogP contribution >= 0.6 is 22.7 Å². The second kappa shape index (κ2) is 12.2. The zero-order valence-corrected chi connectivity index (χ0v) is 25.6. The van der Waals surface area contributed by atoms with E-state index in [1.54, 1.807) is 31.2 Å². The van der Waals surface area contributed by atoms with Gasteiger partial charge in [-0.25, -0.2) is 33.4 Å². The van der Waals surface area contributed by atoms with Gasteiger partial charge in [-0.2, -0.15) is 0 Å². The summed E-state index contributed by atoms with van der Waals surface area (Å²) >= 11 is 2.38. The zero-order valence-electron chi connectivity index (χ0n) is 23.9. The number of aromatic nitrogens is 3. The lowest BCUT2D eigenvalue weighted by Crippen LogP contribution is -2.39. The van der Waals surface area contributed by atoms with E-state index < -0.39 is 35.5 Å². The topological polar surface area (TPSA) is 110 Å². The van der Waals surface area contributed by atoms with Crippen LogP contribution in [0.1, 0.15) is 21.7 Å². The number of halogens is 2. The lowest BCUT2D eigenvalue weighted by Gasteiger charge is -2.14. The number of carbonyl (C=O) groups is 1. The van der Waals surface area contributed by atoms with Gasteiger partial charge in [0.15, 0.2) is 0 Å². The SMILES string of the molecule is CONC(=O)Nc1ccc(-c2sc3c(c2CN(C)C)c(=O)n(-c2nc(C)c(C)s2)c(=O)n3Cc2c(F)cccc2F)cc1. The van der Waals surface area contributed by atoms with Crippen LogP contribution in [0.4, 0.5) is 19.3 Å². The van der Waals surface area contributed by atoms with E-state index in [1.807, 2.05) is 25.9 Å². The van der Waals surface area contributed by atoms with Crippen LogP contribution in [0, 0.1) is 25.5 Å². The van der Waals surface area contributed by atoms with Gasteiger partial charge in [0.25, 0.3) is 5.56 Å². The molecule has 0 spiro atoms. The molecule has 0 unspecified atom stereocenters. The van der Waals surface area contributed by atoms with E-state index >= 15 is 0 Å². The first-order valence-electron chi connectivity index (χ1n) is 13.0. The van der Waals surface area contributed by atoms with Gasteiger partial charge in [0.2, 0.25) is 5.13 Å². The van der Waals surface area contributed by atoms with Gasteiger partial charge in [0, 0.05) is 27.5 Å². The van der Waals surface area contributed by atoms with Crippen molar-refractivity contribution < 1.29 is 18.4 Å². The average Bonchev–Trinajstić information content (AvgIpc) is 3.47. The molecular weight excluding hydrogens is 598 g/mol. The van der Waals surface area contributed by atoms with Crippen molar-refractivity contribution in [3.05, 3.63) is 96.6 Å². The quantitative estimate of drug-likeness (QED) is 0.234. The van der Waals surface area contributed by atoms with Gasteiger partial charge in [0.1, 0.15) is 16.5 Å². The zero-order chi connectivity index (χ0) is 31.0. The molecular formula is C29H28F2N6O4S2. The first-order valence-corrected chi connectivity index (χ1v) is 14.7. The number of hydrogen-bond donors (Lipinski definition) is 2. The summed E-state index contributed by atoms with van der Waals surface area (Å²) in [7, 11) is 5.03. The Morgan fingerprint density at radius 3 is 2.28 bits per heavy atom. The van der Waals surface area contributed by atoms with Crippen LogP contribution in [0.25, 0.3) is 25.8 Å².